The fourth-order valence-electron chi connectivity index (χ4n) is 2.63. The van der Waals surface area contributed by atoms with E-state index in [9.17, 15) is 0 Å². The Bertz CT molecular complexity index is 450. The Morgan fingerprint density at radius 3 is 2.68 bits per heavy atom. The molecule has 2 atom stereocenters. The first-order valence-electron chi connectivity index (χ1n) is 6.96. The molecule has 0 aliphatic carbocycles. The predicted molar refractivity (Wildman–Crippen MR) is 90.0 cm³/mol. The topological polar surface area (TPSA) is 15.3 Å². The van der Waals surface area contributed by atoms with Crippen LogP contribution < -0.4 is 10.2 Å². The SMILES string of the molecule is CCC1CNC(C)(CC)CN1c1ccc(Br)cc1Br. The first kappa shape index (κ1) is 15.3. The van der Waals surface area contributed by atoms with E-state index < -0.39 is 0 Å². The summed E-state index contributed by atoms with van der Waals surface area (Å²) in [6, 6.07) is 7.03. The molecule has 0 aromatic heterocycles. The van der Waals surface area contributed by atoms with E-state index in [1.54, 1.807) is 0 Å². The molecule has 1 fully saturated rings. The highest BCUT2D eigenvalue weighted by Crippen LogP contribution is 2.34. The number of nitrogens with zero attached hydrogens (tertiary/aromatic N) is 1. The van der Waals surface area contributed by atoms with Crippen LogP contribution in [0.5, 0.6) is 0 Å². The Kier molecular flexibility index (Phi) is 4.96. The van der Waals surface area contributed by atoms with Gasteiger partial charge < -0.3 is 10.2 Å². The van der Waals surface area contributed by atoms with Crippen molar-refractivity contribution in [1.29, 1.82) is 0 Å². The highest BCUT2D eigenvalue weighted by molar-refractivity contribution is 9.11. The second-order valence-corrected chi connectivity index (χ2v) is 7.35. The van der Waals surface area contributed by atoms with Crippen molar-refractivity contribution in [3.05, 3.63) is 27.1 Å². The first-order chi connectivity index (χ1) is 8.99. The van der Waals surface area contributed by atoms with Crippen molar-refractivity contribution in [2.45, 2.75) is 45.2 Å². The molecule has 0 saturated carbocycles. The summed E-state index contributed by atoms with van der Waals surface area (Å²) in [5.41, 5.74) is 1.51. The van der Waals surface area contributed by atoms with Crippen LogP contribution in [0.25, 0.3) is 0 Å². The van der Waals surface area contributed by atoms with Crippen molar-refractivity contribution in [2.75, 3.05) is 18.0 Å². The van der Waals surface area contributed by atoms with Crippen molar-refractivity contribution in [3.63, 3.8) is 0 Å². The molecule has 0 bridgehead atoms. The van der Waals surface area contributed by atoms with Crippen LogP contribution in [0.1, 0.15) is 33.6 Å². The van der Waals surface area contributed by atoms with Crippen LogP contribution in [0.15, 0.2) is 27.1 Å². The Labute approximate surface area is 133 Å². The second kappa shape index (κ2) is 6.15. The lowest BCUT2D eigenvalue weighted by molar-refractivity contribution is 0.276. The van der Waals surface area contributed by atoms with E-state index in [1.807, 2.05) is 0 Å². The smallest absolute Gasteiger partial charge is 0.0515 e. The molecule has 106 valence electrons. The van der Waals surface area contributed by atoms with Gasteiger partial charge in [-0.2, -0.15) is 0 Å². The van der Waals surface area contributed by atoms with Crippen LogP contribution in [0.3, 0.4) is 0 Å². The van der Waals surface area contributed by atoms with Gasteiger partial charge in [-0.25, -0.2) is 0 Å². The average molecular weight is 390 g/mol. The standard InChI is InChI=1S/C15H22Br2N2/c1-4-12-9-18-15(3,5-2)10-19(12)14-7-6-11(16)8-13(14)17/h6-8,12,18H,4-5,9-10H2,1-3H3. The van der Waals surface area contributed by atoms with Crippen LogP contribution in [-0.4, -0.2) is 24.7 Å². The van der Waals surface area contributed by atoms with Crippen molar-refractivity contribution < 1.29 is 0 Å². The molecule has 1 N–H and O–H groups in total. The third kappa shape index (κ3) is 3.34. The van der Waals surface area contributed by atoms with E-state index in [1.165, 1.54) is 10.2 Å². The number of rotatable bonds is 3. The molecule has 1 heterocycles. The number of hydrogen-bond acceptors (Lipinski definition) is 2. The molecule has 1 aromatic rings. The van der Waals surface area contributed by atoms with Gasteiger partial charge in [0.2, 0.25) is 0 Å². The Balaban J connectivity index is 2.32. The second-order valence-electron chi connectivity index (χ2n) is 5.58. The van der Waals surface area contributed by atoms with Crippen LogP contribution >= 0.6 is 31.9 Å². The average Bonchev–Trinajstić information content (AvgIpc) is 2.39. The molecule has 1 aliphatic heterocycles. The van der Waals surface area contributed by atoms with Crippen LogP contribution in [-0.2, 0) is 0 Å². The molecule has 0 spiro atoms. The maximum absolute atomic E-state index is 3.71. The minimum atomic E-state index is 0.207. The summed E-state index contributed by atoms with van der Waals surface area (Å²) >= 11 is 7.23. The van der Waals surface area contributed by atoms with Crippen molar-refractivity contribution in [3.8, 4) is 0 Å². The van der Waals surface area contributed by atoms with Crippen LogP contribution in [0, 0.1) is 0 Å². The molecule has 1 saturated heterocycles. The third-order valence-corrected chi connectivity index (χ3v) is 5.32. The lowest BCUT2D eigenvalue weighted by Crippen LogP contribution is -2.62. The predicted octanol–water partition coefficient (Wildman–Crippen LogP) is 4.57. The lowest BCUT2D eigenvalue weighted by atomic mass is 9.92. The summed E-state index contributed by atoms with van der Waals surface area (Å²) in [6.07, 6.45) is 2.31. The number of nitrogens with one attached hydrogen (secondary N) is 1. The van der Waals surface area contributed by atoms with Gasteiger partial charge in [0, 0.05) is 33.6 Å². The van der Waals surface area contributed by atoms with Gasteiger partial charge in [-0.05, 0) is 53.9 Å². The zero-order chi connectivity index (χ0) is 14.0. The molecule has 1 aromatic carbocycles. The van der Waals surface area contributed by atoms with Gasteiger partial charge >= 0.3 is 0 Å². The summed E-state index contributed by atoms with van der Waals surface area (Å²) in [5, 5.41) is 3.71. The summed E-state index contributed by atoms with van der Waals surface area (Å²) < 4.78 is 2.28. The highest BCUT2D eigenvalue weighted by atomic mass is 79.9. The number of hydrogen-bond donors (Lipinski definition) is 1. The van der Waals surface area contributed by atoms with Gasteiger partial charge in [0.15, 0.2) is 0 Å². The fraction of sp³-hybridized carbons (Fsp3) is 0.600. The summed E-state index contributed by atoms with van der Waals surface area (Å²) in [7, 11) is 0. The monoisotopic (exact) mass is 388 g/mol. The minimum Gasteiger partial charge on any atom is -0.365 e. The van der Waals surface area contributed by atoms with Crippen molar-refractivity contribution >= 4 is 37.5 Å². The van der Waals surface area contributed by atoms with E-state index in [0.29, 0.717) is 6.04 Å². The van der Waals surface area contributed by atoms with Gasteiger partial charge in [0.25, 0.3) is 0 Å². The van der Waals surface area contributed by atoms with Crippen LogP contribution in [0.2, 0.25) is 0 Å². The molecule has 4 heteroatoms. The number of benzene rings is 1. The Hall–Kier alpha value is -0.0600. The molecule has 2 unspecified atom stereocenters. The minimum absolute atomic E-state index is 0.207. The quantitative estimate of drug-likeness (QED) is 0.814. The molecule has 19 heavy (non-hydrogen) atoms. The van der Waals surface area contributed by atoms with Gasteiger partial charge in [-0.15, -0.1) is 0 Å². The van der Waals surface area contributed by atoms with Crippen LogP contribution in [0.4, 0.5) is 5.69 Å². The Morgan fingerprint density at radius 1 is 1.37 bits per heavy atom. The number of anilines is 1. The number of piperazine rings is 1. The molecular weight excluding hydrogens is 368 g/mol. The molecule has 0 amide bonds. The van der Waals surface area contributed by atoms with Gasteiger partial charge in [-0.1, -0.05) is 29.8 Å². The fourth-order valence-corrected chi connectivity index (χ4v) is 3.91. The molecule has 2 rings (SSSR count). The van der Waals surface area contributed by atoms with Crippen molar-refractivity contribution in [2.24, 2.45) is 0 Å². The van der Waals surface area contributed by atoms with Gasteiger partial charge in [-0.3, -0.25) is 0 Å². The zero-order valence-electron chi connectivity index (χ0n) is 11.8. The van der Waals surface area contributed by atoms with E-state index >= 15 is 0 Å². The Morgan fingerprint density at radius 2 is 2.11 bits per heavy atom. The summed E-state index contributed by atoms with van der Waals surface area (Å²) in [6.45, 7) is 8.96. The first-order valence-corrected chi connectivity index (χ1v) is 8.54. The van der Waals surface area contributed by atoms with Gasteiger partial charge in [0.1, 0.15) is 0 Å². The third-order valence-electron chi connectivity index (χ3n) is 4.20. The molecule has 0 radical (unpaired) electrons. The maximum atomic E-state index is 3.71. The molecule has 1 aliphatic rings. The number of halogens is 2. The van der Waals surface area contributed by atoms with E-state index in [4.69, 9.17) is 0 Å². The molecule has 2 nitrogen and oxygen atoms in total. The molecular formula is C15H22Br2N2. The normalized spacial score (nSPS) is 27.6. The van der Waals surface area contributed by atoms with E-state index in [-0.39, 0.29) is 5.54 Å². The van der Waals surface area contributed by atoms with E-state index in [2.05, 4.69) is 81.0 Å². The van der Waals surface area contributed by atoms with E-state index in [0.717, 1.165) is 30.4 Å². The summed E-state index contributed by atoms with van der Waals surface area (Å²) in [5.74, 6) is 0. The summed E-state index contributed by atoms with van der Waals surface area (Å²) in [4.78, 5) is 2.55. The maximum Gasteiger partial charge on any atom is 0.0515 e. The van der Waals surface area contributed by atoms with Gasteiger partial charge in [0.05, 0.1) is 5.69 Å². The largest absolute Gasteiger partial charge is 0.365 e. The van der Waals surface area contributed by atoms with Crippen molar-refractivity contribution in [1.82, 2.24) is 5.32 Å². The lowest BCUT2D eigenvalue weighted by Gasteiger charge is -2.47. The highest BCUT2D eigenvalue weighted by Gasteiger charge is 2.34. The zero-order valence-corrected chi connectivity index (χ0v) is 15.0.